The van der Waals surface area contributed by atoms with Crippen LogP contribution in [-0.4, -0.2) is 38.5 Å². The van der Waals surface area contributed by atoms with Gasteiger partial charge >= 0.3 is 0 Å². The summed E-state index contributed by atoms with van der Waals surface area (Å²) < 4.78 is 23.9. The van der Waals surface area contributed by atoms with Gasteiger partial charge in [-0.25, -0.2) is 8.42 Å². The van der Waals surface area contributed by atoms with Gasteiger partial charge < -0.3 is 5.32 Å². The molecule has 1 rings (SSSR count). The molecule has 0 aromatic heterocycles. The second-order valence-electron chi connectivity index (χ2n) is 6.78. The highest BCUT2D eigenvalue weighted by molar-refractivity contribution is 7.88. The normalized spacial score (nSPS) is 14.7. The zero-order chi connectivity index (χ0) is 18.5. The van der Waals surface area contributed by atoms with Gasteiger partial charge in [0.15, 0.2) is 0 Å². The number of carbonyl (C=O) groups is 1. The molecular weight excluding hydrogens is 324 g/mol. The van der Waals surface area contributed by atoms with E-state index in [2.05, 4.69) is 31.3 Å². The van der Waals surface area contributed by atoms with Crippen LogP contribution in [0.4, 0.5) is 0 Å². The van der Waals surface area contributed by atoms with Crippen molar-refractivity contribution in [1.82, 2.24) is 9.62 Å². The minimum atomic E-state index is -3.36. The van der Waals surface area contributed by atoms with Gasteiger partial charge in [-0.2, -0.15) is 4.31 Å². The Morgan fingerprint density at radius 2 is 1.62 bits per heavy atom. The molecule has 0 heterocycles. The summed E-state index contributed by atoms with van der Waals surface area (Å²) in [6.45, 7) is 8.25. The topological polar surface area (TPSA) is 66.5 Å². The maximum absolute atomic E-state index is 12.2. The largest absolute Gasteiger partial charge is 0.348 e. The predicted molar refractivity (Wildman–Crippen MR) is 98.3 cm³/mol. The minimum Gasteiger partial charge on any atom is -0.348 e. The van der Waals surface area contributed by atoms with E-state index in [4.69, 9.17) is 0 Å². The number of sulfonamides is 1. The van der Waals surface area contributed by atoms with Crippen LogP contribution in [-0.2, 0) is 14.8 Å². The van der Waals surface area contributed by atoms with Crippen molar-refractivity contribution in [3.05, 3.63) is 35.4 Å². The van der Waals surface area contributed by atoms with E-state index in [1.807, 2.05) is 26.0 Å². The van der Waals surface area contributed by atoms with Crippen LogP contribution in [0.15, 0.2) is 24.3 Å². The van der Waals surface area contributed by atoms with Crippen LogP contribution >= 0.6 is 0 Å². The summed E-state index contributed by atoms with van der Waals surface area (Å²) in [5.41, 5.74) is 2.32. The molecule has 1 aromatic rings. The van der Waals surface area contributed by atoms with Crippen molar-refractivity contribution in [2.45, 2.75) is 46.1 Å². The number of hydrogen-bond acceptors (Lipinski definition) is 3. The third-order valence-corrected chi connectivity index (χ3v) is 5.65. The molecule has 1 N–H and O–H groups in total. The lowest BCUT2D eigenvalue weighted by atomic mass is 9.92. The van der Waals surface area contributed by atoms with Crippen molar-refractivity contribution < 1.29 is 13.2 Å². The van der Waals surface area contributed by atoms with Crippen molar-refractivity contribution in [2.75, 3.05) is 19.8 Å². The third kappa shape index (κ3) is 5.91. The fourth-order valence-corrected chi connectivity index (χ4v) is 2.79. The molecule has 2 atom stereocenters. The monoisotopic (exact) mass is 354 g/mol. The predicted octanol–water partition coefficient (Wildman–Crippen LogP) is 2.90. The Balaban J connectivity index is 2.86. The van der Waals surface area contributed by atoms with Crippen LogP contribution in [0.1, 0.15) is 57.2 Å². The van der Waals surface area contributed by atoms with E-state index in [1.54, 1.807) is 0 Å². The van der Waals surface area contributed by atoms with Crippen molar-refractivity contribution in [2.24, 2.45) is 5.92 Å². The van der Waals surface area contributed by atoms with E-state index in [9.17, 15) is 13.2 Å². The van der Waals surface area contributed by atoms with Gasteiger partial charge in [0.25, 0.3) is 0 Å². The zero-order valence-electron chi connectivity index (χ0n) is 15.5. The fraction of sp³-hybridized carbons (Fsp3) is 0.611. The Morgan fingerprint density at radius 3 is 2.04 bits per heavy atom. The molecule has 0 aliphatic carbocycles. The van der Waals surface area contributed by atoms with Gasteiger partial charge in [-0.05, 0) is 29.4 Å². The van der Waals surface area contributed by atoms with Crippen molar-refractivity contribution >= 4 is 15.9 Å². The summed E-state index contributed by atoms with van der Waals surface area (Å²) in [6, 6.07) is 8.16. The van der Waals surface area contributed by atoms with Crippen LogP contribution in [0.3, 0.4) is 0 Å². The molecule has 24 heavy (non-hydrogen) atoms. The van der Waals surface area contributed by atoms with Crippen LogP contribution in [0.25, 0.3) is 0 Å². The average Bonchev–Trinajstić information content (AvgIpc) is 2.50. The lowest BCUT2D eigenvalue weighted by molar-refractivity contribution is -0.122. The highest BCUT2D eigenvalue weighted by atomic mass is 32.2. The Labute approximate surface area is 146 Å². The molecular formula is C18H30N2O3S. The van der Waals surface area contributed by atoms with Crippen molar-refractivity contribution in [3.8, 4) is 0 Å². The molecule has 0 saturated heterocycles. The quantitative estimate of drug-likeness (QED) is 0.780. The molecule has 6 heteroatoms. The first-order valence-electron chi connectivity index (χ1n) is 8.36. The van der Waals surface area contributed by atoms with Crippen LogP contribution < -0.4 is 5.32 Å². The van der Waals surface area contributed by atoms with E-state index in [-0.39, 0.29) is 24.4 Å². The molecule has 1 aromatic carbocycles. The standard InChI is InChI=1S/C18H30N2O3S/c1-7-14(4)15-8-10-16(11-9-15)18(13(2)3)19-17(21)12-20(5)24(6,22)23/h8-11,13-14,18H,7,12H2,1-6H3,(H,19,21)/t14-,18+/m0/s1. The number of benzene rings is 1. The van der Waals surface area contributed by atoms with E-state index in [0.717, 1.165) is 22.5 Å². The third-order valence-electron chi connectivity index (χ3n) is 4.39. The second kappa shape index (κ2) is 8.62. The number of rotatable bonds is 8. The first-order valence-corrected chi connectivity index (χ1v) is 10.2. The van der Waals surface area contributed by atoms with Gasteiger partial charge in [-0.3, -0.25) is 4.79 Å². The molecule has 5 nitrogen and oxygen atoms in total. The van der Waals surface area contributed by atoms with Gasteiger partial charge in [0.1, 0.15) is 0 Å². The maximum Gasteiger partial charge on any atom is 0.235 e. The number of hydrogen-bond donors (Lipinski definition) is 1. The second-order valence-corrected chi connectivity index (χ2v) is 8.87. The summed E-state index contributed by atoms with van der Waals surface area (Å²) in [4.78, 5) is 12.2. The average molecular weight is 355 g/mol. The molecule has 0 radical (unpaired) electrons. The lowest BCUT2D eigenvalue weighted by Gasteiger charge is -2.24. The highest BCUT2D eigenvalue weighted by Gasteiger charge is 2.21. The summed E-state index contributed by atoms with van der Waals surface area (Å²) in [7, 11) is -1.96. The van der Waals surface area contributed by atoms with Gasteiger partial charge in [-0.1, -0.05) is 52.0 Å². The summed E-state index contributed by atoms with van der Waals surface area (Å²) in [6.07, 6.45) is 2.18. The fourth-order valence-electron chi connectivity index (χ4n) is 2.44. The first kappa shape index (κ1) is 20.6. The van der Waals surface area contributed by atoms with Crippen molar-refractivity contribution in [3.63, 3.8) is 0 Å². The molecule has 0 bridgehead atoms. The highest BCUT2D eigenvalue weighted by Crippen LogP contribution is 2.25. The van der Waals surface area contributed by atoms with E-state index >= 15 is 0 Å². The molecule has 1 amide bonds. The Hall–Kier alpha value is -1.40. The molecule has 0 spiro atoms. The van der Waals surface area contributed by atoms with E-state index < -0.39 is 10.0 Å². The SMILES string of the molecule is CC[C@H](C)c1ccc([C@H](NC(=O)CN(C)S(C)(=O)=O)C(C)C)cc1. The van der Waals surface area contributed by atoms with E-state index in [1.165, 1.54) is 12.6 Å². The Morgan fingerprint density at radius 1 is 1.12 bits per heavy atom. The molecule has 0 saturated carbocycles. The molecule has 0 aliphatic rings. The zero-order valence-corrected chi connectivity index (χ0v) is 16.4. The van der Waals surface area contributed by atoms with Crippen LogP contribution in [0, 0.1) is 5.92 Å². The number of carbonyl (C=O) groups excluding carboxylic acids is 1. The molecule has 0 fully saturated rings. The van der Waals surface area contributed by atoms with Gasteiger partial charge in [0.2, 0.25) is 15.9 Å². The Kier molecular flexibility index (Phi) is 7.42. The lowest BCUT2D eigenvalue weighted by Crippen LogP contribution is -2.40. The Bertz CT molecular complexity index is 639. The van der Waals surface area contributed by atoms with Gasteiger partial charge in [0.05, 0.1) is 18.8 Å². The number of nitrogens with one attached hydrogen (secondary N) is 1. The maximum atomic E-state index is 12.2. The number of likely N-dealkylation sites (N-methyl/N-ethyl adjacent to an activating group) is 1. The molecule has 0 unspecified atom stereocenters. The minimum absolute atomic E-state index is 0.142. The first-order chi connectivity index (χ1) is 11.1. The van der Waals surface area contributed by atoms with Crippen LogP contribution in [0.2, 0.25) is 0 Å². The summed E-state index contributed by atoms with van der Waals surface area (Å²) in [5.74, 6) is 0.411. The van der Waals surface area contributed by atoms with Crippen molar-refractivity contribution in [1.29, 1.82) is 0 Å². The molecule has 0 aliphatic heterocycles. The number of nitrogens with zero attached hydrogens (tertiary/aromatic N) is 1. The van der Waals surface area contributed by atoms with Crippen LogP contribution in [0.5, 0.6) is 0 Å². The van der Waals surface area contributed by atoms with Gasteiger partial charge in [0, 0.05) is 7.05 Å². The van der Waals surface area contributed by atoms with Gasteiger partial charge in [-0.15, -0.1) is 0 Å². The van der Waals surface area contributed by atoms with E-state index in [0.29, 0.717) is 5.92 Å². The number of amides is 1. The summed E-state index contributed by atoms with van der Waals surface area (Å²) in [5, 5.41) is 2.95. The molecule has 136 valence electrons. The smallest absolute Gasteiger partial charge is 0.235 e. The summed E-state index contributed by atoms with van der Waals surface area (Å²) >= 11 is 0.